The zero-order valence-electron chi connectivity index (χ0n) is 11.3. The third kappa shape index (κ3) is 3.34. The van der Waals surface area contributed by atoms with E-state index in [9.17, 15) is 4.79 Å². The van der Waals surface area contributed by atoms with Crippen molar-refractivity contribution in [2.24, 2.45) is 7.05 Å². The second-order valence-corrected chi connectivity index (χ2v) is 4.70. The van der Waals surface area contributed by atoms with Gasteiger partial charge < -0.3 is 5.32 Å². The largest absolute Gasteiger partial charge is 0.324 e. The van der Waals surface area contributed by atoms with Crippen LogP contribution in [0.25, 0.3) is 0 Å². The van der Waals surface area contributed by atoms with E-state index in [1.807, 2.05) is 24.3 Å². The van der Waals surface area contributed by atoms with Gasteiger partial charge in [0, 0.05) is 18.8 Å². The molecule has 0 fully saturated rings. The molecule has 0 radical (unpaired) electrons. The Morgan fingerprint density at radius 1 is 1.16 bits per heavy atom. The van der Waals surface area contributed by atoms with E-state index in [1.54, 1.807) is 24.0 Å². The Balaban J connectivity index is 1.97. The van der Waals surface area contributed by atoms with E-state index in [1.165, 1.54) is 5.56 Å². The highest BCUT2D eigenvalue weighted by Crippen LogP contribution is 2.17. The molecule has 19 heavy (non-hydrogen) atoms. The minimum absolute atomic E-state index is 0.277. The van der Waals surface area contributed by atoms with Crippen LogP contribution in [0, 0.1) is 0 Å². The summed E-state index contributed by atoms with van der Waals surface area (Å²) < 4.78 is 1.60. The highest BCUT2D eigenvalue weighted by Gasteiger charge is 2.05. The van der Waals surface area contributed by atoms with Gasteiger partial charge in [-0.25, -0.2) is 4.79 Å². The zero-order chi connectivity index (χ0) is 13.8. The number of hydrogen-bond acceptors (Lipinski definition) is 2. The average Bonchev–Trinajstić information content (AvgIpc) is 2.75. The first-order valence-corrected chi connectivity index (χ1v) is 6.22. The number of carbonyl (C=O) groups is 1. The summed E-state index contributed by atoms with van der Waals surface area (Å²) in [5.74, 6) is 1.13. The van der Waals surface area contributed by atoms with Crippen molar-refractivity contribution in [1.82, 2.24) is 9.78 Å². The predicted octanol–water partition coefficient (Wildman–Crippen LogP) is 3.19. The molecule has 0 atom stereocenters. The first-order valence-electron chi connectivity index (χ1n) is 6.22. The van der Waals surface area contributed by atoms with Crippen LogP contribution in [-0.4, -0.2) is 15.8 Å². The van der Waals surface area contributed by atoms with Gasteiger partial charge >= 0.3 is 6.03 Å². The second-order valence-electron chi connectivity index (χ2n) is 4.70. The molecule has 2 rings (SSSR count). The summed E-state index contributed by atoms with van der Waals surface area (Å²) in [5, 5.41) is 9.49. The normalized spacial score (nSPS) is 10.5. The van der Waals surface area contributed by atoms with Crippen LogP contribution in [0.15, 0.2) is 36.5 Å². The van der Waals surface area contributed by atoms with Gasteiger partial charge in [0.05, 0.1) is 6.20 Å². The Morgan fingerprint density at radius 2 is 1.84 bits per heavy atom. The van der Waals surface area contributed by atoms with Gasteiger partial charge in [0.2, 0.25) is 0 Å². The smallest absolute Gasteiger partial charge is 0.308 e. The number of aryl methyl sites for hydroxylation is 1. The number of carbonyl (C=O) groups excluding carboxylic acids is 1. The van der Waals surface area contributed by atoms with Crippen molar-refractivity contribution in [3.63, 3.8) is 0 Å². The van der Waals surface area contributed by atoms with Crippen LogP contribution >= 0.6 is 0 Å². The summed E-state index contributed by atoms with van der Waals surface area (Å²) in [4.78, 5) is 11.8. The molecule has 5 nitrogen and oxygen atoms in total. The minimum Gasteiger partial charge on any atom is -0.308 e. The van der Waals surface area contributed by atoms with Crippen LogP contribution in [-0.2, 0) is 7.05 Å². The van der Waals surface area contributed by atoms with Crippen LogP contribution in [0.5, 0.6) is 0 Å². The Hall–Kier alpha value is -2.30. The van der Waals surface area contributed by atoms with E-state index in [2.05, 4.69) is 29.6 Å². The van der Waals surface area contributed by atoms with Crippen molar-refractivity contribution in [3.05, 3.63) is 42.1 Å². The van der Waals surface area contributed by atoms with Gasteiger partial charge in [0.15, 0.2) is 0 Å². The topological polar surface area (TPSA) is 59.0 Å². The van der Waals surface area contributed by atoms with Crippen LogP contribution in [0.4, 0.5) is 16.3 Å². The molecular weight excluding hydrogens is 240 g/mol. The van der Waals surface area contributed by atoms with E-state index < -0.39 is 0 Å². The molecule has 0 spiro atoms. The molecule has 2 amide bonds. The van der Waals surface area contributed by atoms with Crippen LogP contribution in [0.2, 0.25) is 0 Å². The highest BCUT2D eigenvalue weighted by atomic mass is 16.2. The van der Waals surface area contributed by atoms with Gasteiger partial charge in [-0.15, -0.1) is 0 Å². The van der Waals surface area contributed by atoms with E-state index in [4.69, 9.17) is 0 Å². The number of rotatable bonds is 3. The number of nitrogens with one attached hydrogen (secondary N) is 2. The molecule has 1 heterocycles. The summed E-state index contributed by atoms with van der Waals surface area (Å²) in [5.41, 5.74) is 2.02. The molecule has 0 bridgehead atoms. The van der Waals surface area contributed by atoms with Gasteiger partial charge in [-0.3, -0.25) is 10.00 Å². The Labute approximate surface area is 112 Å². The van der Waals surface area contributed by atoms with Crippen LogP contribution in [0.1, 0.15) is 25.3 Å². The lowest BCUT2D eigenvalue weighted by molar-refractivity contribution is 0.262. The number of hydrogen-bond donors (Lipinski definition) is 2. The molecule has 1 aromatic carbocycles. The summed E-state index contributed by atoms with van der Waals surface area (Å²) in [6.07, 6.45) is 1.63. The molecular formula is C14H18N4O. The van der Waals surface area contributed by atoms with Gasteiger partial charge in [0.25, 0.3) is 0 Å². The molecule has 2 aromatic rings. The molecule has 2 N–H and O–H groups in total. The van der Waals surface area contributed by atoms with Gasteiger partial charge in [0.1, 0.15) is 5.82 Å². The molecule has 0 saturated heterocycles. The zero-order valence-corrected chi connectivity index (χ0v) is 11.3. The monoisotopic (exact) mass is 258 g/mol. The van der Waals surface area contributed by atoms with Crippen molar-refractivity contribution in [1.29, 1.82) is 0 Å². The molecule has 0 aliphatic carbocycles. The van der Waals surface area contributed by atoms with Crippen molar-refractivity contribution in [2.45, 2.75) is 19.8 Å². The molecule has 0 saturated carbocycles. The SMILES string of the molecule is CC(C)c1ccc(NC(=O)Nc2ccnn2C)cc1. The third-order valence-electron chi connectivity index (χ3n) is 2.90. The fourth-order valence-electron chi connectivity index (χ4n) is 1.73. The second kappa shape index (κ2) is 5.56. The predicted molar refractivity (Wildman–Crippen MR) is 76.4 cm³/mol. The maximum atomic E-state index is 11.8. The van der Waals surface area contributed by atoms with Crippen molar-refractivity contribution in [3.8, 4) is 0 Å². The van der Waals surface area contributed by atoms with Crippen molar-refractivity contribution >= 4 is 17.5 Å². The third-order valence-corrected chi connectivity index (χ3v) is 2.90. The lowest BCUT2D eigenvalue weighted by atomic mass is 10.0. The molecule has 1 aromatic heterocycles. The van der Waals surface area contributed by atoms with Gasteiger partial charge in [-0.05, 0) is 23.6 Å². The number of urea groups is 1. The molecule has 5 heteroatoms. The quantitative estimate of drug-likeness (QED) is 0.888. The number of amides is 2. The van der Waals surface area contributed by atoms with Gasteiger partial charge in [-0.2, -0.15) is 5.10 Å². The Bertz CT molecular complexity index is 557. The molecule has 100 valence electrons. The lowest BCUT2D eigenvalue weighted by Gasteiger charge is -2.09. The van der Waals surface area contributed by atoms with E-state index in [0.717, 1.165) is 5.69 Å². The Kier molecular flexibility index (Phi) is 3.85. The van der Waals surface area contributed by atoms with Crippen LogP contribution in [0.3, 0.4) is 0 Å². The highest BCUT2D eigenvalue weighted by molar-refractivity contribution is 5.99. The minimum atomic E-state index is -0.277. The first-order chi connectivity index (χ1) is 9.06. The summed E-state index contributed by atoms with van der Waals surface area (Å²) >= 11 is 0. The standard InChI is InChI=1S/C14H18N4O/c1-10(2)11-4-6-12(7-5-11)16-14(19)17-13-8-9-15-18(13)3/h4-10H,1-3H3,(H2,16,17,19). The average molecular weight is 258 g/mol. The van der Waals surface area contributed by atoms with E-state index in [0.29, 0.717) is 11.7 Å². The van der Waals surface area contributed by atoms with Crippen molar-refractivity contribution < 1.29 is 4.79 Å². The summed E-state index contributed by atoms with van der Waals surface area (Å²) in [7, 11) is 1.77. The number of benzene rings is 1. The maximum absolute atomic E-state index is 11.8. The Morgan fingerprint density at radius 3 is 2.37 bits per heavy atom. The number of anilines is 2. The fraction of sp³-hybridized carbons (Fsp3) is 0.286. The van der Waals surface area contributed by atoms with E-state index in [-0.39, 0.29) is 6.03 Å². The fourth-order valence-corrected chi connectivity index (χ4v) is 1.73. The maximum Gasteiger partial charge on any atom is 0.324 e. The summed E-state index contributed by atoms with van der Waals surface area (Å²) in [6, 6.07) is 9.30. The van der Waals surface area contributed by atoms with Crippen molar-refractivity contribution in [2.75, 3.05) is 10.6 Å². The van der Waals surface area contributed by atoms with Gasteiger partial charge in [-0.1, -0.05) is 26.0 Å². The number of aromatic nitrogens is 2. The molecule has 0 aliphatic heterocycles. The van der Waals surface area contributed by atoms with Crippen LogP contribution < -0.4 is 10.6 Å². The molecule has 0 aliphatic rings. The molecule has 0 unspecified atom stereocenters. The number of nitrogens with zero attached hydrogens (tertiary/aromatic N) is 2. The first kappa shape index (κ1) is 13.1. The lowest BCUT2D eigenvalue weighted by Crippen LogP contribution is -2.21. The van der Waals surface area contributed by atoms with E-state index >= 15 is 0 Å². The summed E-state index contributed by atoms with van der Waals surface area (Å²) in [6.45, 7) is 4.27.